The molecular weight excluding hydrogens is 414 g/mol. The highest BCUT2D eigenvalue weighted by atomic mass is 16.7. The number of nitriles is 1. The maximum atomic E-state index is 14.2. The molecule has 0 N–H and O–H groups in total. The lowest BCUT2D eigenvalue weighted by Crippen LogP contribution is -2.61. The second-order valence-corrected chi connectivity index (χ2v) is 9.61. The third kappa shape index (κ3) is 2.60. The maximum absolute atomic E-state index is 14.2. The van der Waals surface area contributed by atoms with Gasteiger partial charge in [-0.25, -0.2) is 9.69 Å². The molecule has 0 saturated carbocycles. The quantitative estimate of drug-likeness (QED) is 0.689. The Morgan fingerprint density at radius 2 is 1.94 bits per heavy atom. The normalized spacial score (nSPS) is 31.6. The van der Waals surface area contributed by atoms with Crippen molar-refractivity contribution in [3.8, 4) is 11.8 Å². The molecule has 2 amide bonds. The van der Waals surface area contributed by atoms with E-state index < -0.39 is 40.5 Å². The summed E-state index contributed by atoms with van der Waals surface area (Å²) in [6.45, 7) is 6.95. The number of imide groups is 1. The Labute approximate surface area is 186 Å². The van der Waals surface area contributed by atoms with Crippen molar-refractivity contribution in [2.24, 2.45) is 5.92 Å². The summed E-state index contributed by atoms with van der Waals surface area (Å²) in [5, 5.41) is 11.7. The number of fused-ring (bicyclic) bond motifs is 5. The number of anilines is 1. The number of benzene rings is 1. The summed E-state index contributed by atoms with van der Waals surface area (Å²) >= 11 is 0. The average Bonchev–Trinajstić information content (AvgIpc) is 3.07. The van der Waals surface area contributed by atoms with Crippen molar-refractivity contribution in [1.29, 1.82) is 5.26 Å². The number of carbonyl (C=O) groups excluding carboxylic acids is 3. The smallest absolute Gasteiger partial charge is 0.421 e. The van der Waals surface area contributed by atoms with Crippen LogP contribution in [0.1, 0.15) is 46.1 Å². The van der Waals surface area contributed by atoms with E-state index in [0.717, 1.165) is 4.90 Å². The van der Waals surface area contributed by atoms with Gasteiger partial charge < -0.3 is 14.3 Å². The van der Waals surface area contributed by atoms with Crippen molar-refractivity contribution in [2.45, 2.75) is 63.1 Å². The minimum Gasteiger partial charge on any atom is -0.497 e. The second-order valence-electron chi connectivity index (χ2n) is 9.61. The summed E-state index contributed by atoms with van der Waals surface area (Å²) in [7, 11) is 2.91. The number of rotatable bonds is 2. The van der Waals surface area contributed by atoms with Crippen LogP contribution in [0, 0.1) is 17.2 Å². The van der Waals surface area contributed by atoms with Crippen LogP contribution in [0.25, 0.3) is 0 Å². The van der Waals surface area contributed by atoms with Crippen LogP contribution in [-0.2, 0) is 24.6 Å². The summed E-state index contributed by atoms with van der Waals surface area (Å²) < 4.78 is 10.9. The summed E-state index contributed by atoms with van der Waals surface area (Å²) in [4.78, 5) is 46.9. The molecule has 3 aliphatic rings. The number of methoxy groups -OCH3 is 1. The molecule has 0 aliphatic carbocycles. The van der Waals surface area contributed by atoms with E-state index >= 15 is 0 Å². The van der Waals surface area contributed by atoms with Crippen LogP contribution >= 0.6 is 0 Å². The molecule has 4 rings (SSSR count). The van der Waals surface area contributed by atoms with E-state index in [4.69, 9.17) is 14.3 Å². The topological polar surface area (TPSA) is 109 Å². The summed E-state index contributed by atoms with van der Waals surface area (Å²) in [5.41, 5.74) is -2.58. The highest BCUT2D eigenvalue weighted by Gasteiger charge is 2.78. The van der Waals surface area contributed by atoms with E-state index in [2.05, 4.69) is 6.07 Å². The minimum atomic E-state index is -1.49. The van der Waals surface area contributed by atoms with E-state index in [-0.39, 0.29) is 12.2 Å². The number of amides is 2. The molecule has 0 aromatic heterocycles. The van der Waals surface area contributed by atoms with Crippen molar-refractivity contribution in [2.75, 3.05) is 19.1 Å². The average molecular weight is 441 g/mol. The van der Waals surface area contributed by atoms with E-state index in [1.807, 2.05) is 6.92 Å². The predicted molar refractivity (Wildman–Crippen MR) is 113 cm³/mol. The number of nitrogens with zero attached hydrogens (tertiary/aromatic N) is 3. The molecule has 1 spiro atoms. The van der Waals surface area contributed by atoms with Gasteiger partial charge in [0.2, 0.25) is 0 Å². The van der Waals surface area contributed by atoms with E-state index in [1.165, 1.54) is 19.3 Å². The number of hydrogen-bond acceptors (Lipinski definition) is 8. The van der Waals surface area contributed by atoms with Crippen LogP contribution in [0.15, 0.2) is 18.2 Å². The van der Waals surface area contributed by atoms with Gasteiger partial charge in [-0.3, -0.25) is 9.59 Å². The molecule has 3 heterocycles. The van der Waals surface area contributed by atoms with E-state index in [1.54, 1.807) is 39.0 Å². The molecule has 9 heteroatoms. The zero-order chi connectivity index (χ0) is 23.6. The van der Waals surface area contributed by atoms with Crippen molar-refractivity contribution in [3.05, 3.63) is 23.8 Å². The van der Waals surface area contributed by atoms with E-state index in [0.29, 0.717) is 23.4 Å². The molecular formula is C23H27N3O6. The minimum absolute atomic E-state index is 0.161. The van der Waals surface area contributed by atoms with Gasteiger partial charge in [0, 0.05) is 12.5 Å². The Morgan fingerprint density at radius 1 is 1.25 bits per heavy atom. The third-order valence-electron chi connectivity index (χ3n) is 6.88. The van der Waals surface area contributed by atoms with Crippen molar-refractivity contribution in [3.63, 3.8) is 0 Å². The third-order valence-corrected chi connectivity index (χ3v) is 6.88. The van der Waals surface area contributed by atoms with Gasteiger partial charge in [-0.1, -0.05) is 6.07 Å². The number of piperidine rings is 1. The molecule has 2 fully saturated rings. The van der Waals surface area contributed by atoms with Gasteiger partial charge in [-0.15, -0.1) is 0 Å². The Bertz CT molecular complexity index is 1060. The maximum Gasteiger partial charge on any atom is 0.421 e. The van der Waals surface area contributed by atoms with Crippen LogP contribution in [0.5, 0.6) is 5.75 Å². The van der Waals surface area contributed by atoms with Crippen LogP contribution < -0.4 is 9.64 Å². The molecule has 1 aromatic rings. The van der Waals surface area contributed by atoms with Crippen molar-refractivity contribution in [1.82, 2.24) is 5.06 Å². The number of Topliss-reactive ketones (excluding diaryl/α,β-unsaturated/α-hetero) is 1. The summed E-state index contributed by atoms with van der Waals surface area (Å²) in [6, 6.07) is 6.28. The molecule has 0 unspecified atom stereocenters. The lowest BCUT2D eigenvalue weighted by atomic mass is 9.61. The van der Waals surface area contributed by atoms with Gasteiger partial charge in [0.1, 0.15) is 22.8 Å². The Balaban J connectivity index is 2.01. The molecule has 3 aliphatic heterocycles. The lowest BCUT2D eigenvalue weighted by molar-refractivity contribution is -0.219. The molecule has 4 atom stereocenters. The fourth-order valence-corrected chi connectivity index (χ4v) is 5.68. The van der Waals surface area contributed by atoms with Gasteiger partial charge in [-0.2, -0.15) is 10.3 Å². The fraction of sp³-hybridized carbons (Fsp3) is 0.565. The van der Waals surface area contributed by atoms with Gasteiger partial charge >= 0.3 is 6.09 Å². The molecule has 9 nitrogen and oxygen atoms in total. The van der Waals surface area contributed by atoms with Crippen LogP contribution in [0.2, 0.25) is 0 Å². The first-order valence-electron chi connectivity index (χ1n) is 10.5. The monoisotopic (exact) mass is 441 g/mol. The Morgan fingerprint density at radius 3 is 2.50 bits per heavy atom. The first-order valence-corrected chi connectivity index (χ1v) is 10.5. The molecule has 2 bridgehead atoms. The number of carbonyl (C=O) groups is 3. The predicted octanol–water partition coefficient (Wildman–Crippen LogP) is 2.72. The summed E-state index contributed by atoms with van der Waals surface area (Å²) in [6.07, 6.45) is -0.328. The van der Waals surface area contributed by atoms with Gasteiger partial charge in [0.25, 0.3) is 5.91 Å². The van der Waals surface area contributed by atoms with Crippen LogP contribution in [0.3, 0.4) is 0 Å². The highest BCUT2D eigenvalue weighted by Crippen LogP contribution is 2.63. The lowest BCUT2D eigenvalue weighted by Gasteiger charge is -2.45. The number of hydrogen-bond donors (Lipinski definition) is 0. The van der Waals surface area contributed by atoms with Crippen LogP contribution in [0.4, 0.5) is 10.5 Å². The van der Waals surface area contributed by atoms with Crippen molar-refractivity contribution < 1.29 is 28.7 Å². The first kappa shape index (κ1) is 22.2. The molecule has 170 valence electrons. The van der Waals surface area contributed by atoms with Gasteiger partial charge in [0.15, 0.2) is 5.78 Å². The molecule has 32 heavy (non-hydrogen) atoms. The standard InChI is InChI=1S/C23H27N3O6/c1-21(2,3)32-20(29)25-16-11-13(30-5)7-8-14(16)23(19(25)28)15(12-24)18-17(27)9-10-22(23,4)26(18)31-6/h7-8,11,15,18H,9-10H2,1-6H3/t15-,18+,22+,23-/m1/s1. The Hall–Kier alpha value is -2.96. The number of ether oxygens (including phenoxy) is 2. The number of hydroxylamine groups is 2. The molecule has 2 saturated heterocycles. The zero-order valence-electron chi connectivity index (χ0n) is 19.1. The second kappa shape index (κ2) is 7.02. The van der Waals surface area contributed by atoms with E-state index in [9.17, 15) is 19.6 Å². The van der Waals surface area contributed by atoms with Crippen LogP contribution in [-0.4, -0.2) is 54.2 Å². The largest absolute Gasteiger partial charge is 0.497 e. The van der Waals surface area contributed by atoms with Crippen molar-refractivity contribution >= 4 is 23.5 Å². The highest BCUT2D eigenvalue weighted by molar-refractivity contribution is 6.23. The Kier molecular flexibility index (Phi) is 4.88. The number of ketones is 1. The van der Waals surface area contributed by atoms with Gasteiger partial charge in [-0.05, 0) is 45.7 Å². The first-order chi connectivity index (χ1) is 15.0. The van der Waals surface area contributed by atoms with Gasteiger partial charge in [0.05, 0.1) is 37.4 Å². The molecule has 0 radical (unpaired) electrons. The zero-order valence-corrected chi connectivity index (χ0v) is 19.1. The fourth-order valence-electron chi connectivity index (χ4n) is 5.68. The summed E-state index contributed by atoms with van der Waals surface area (Å²) in [5.74, 6) is -1.36. The SMILES string of the molecule is COc1ccc2c(c1)N(C(=O)OC(C)(C)C)C(=O)[C@]21[C@H](C#N)[C@H]2C(=O)CC[C@]1(C)N2OC. The molecule has 1 aromatic carbocycles.